The summed E-state index contributed by atoms with van der Waals surface area (Å²) in [6.45, 7) is 2.59. The van der Waals surface area contributed by atoms with Gasteiger partial charge in [0, 0.05) is 36.8 Å². The van der Waals surface area contributed by atoms with E-state index in [1.165, 1.54) is 28.5 Å². The normalized spacial score (nSPS) is 14.1. The molecule has 0 aliphatic carbocycles. The van der Waals surface area contributed by atoms with E-state index in [1.54, 1.807) is 6.07 Å². The van der Waals surface area contributed by atoms with Gasteiger partial charge in [-0.25, -0.2) is 0 Å². The lowest BCUT2D eigenvalue weighted by molar-refractivity contribution is -0.120. The highest BCUT2D eigenvalue weighted by Crippen LogP contribution is 2.22. The van der Waals surface area contributed by atoms with Crippen molar-refractivity contribution in [2.45, 2.75) is 6.54 Å². The summed E-state index contributed by atoms with van der Waals surface area (Å²) < 4.78 is 0.888. The molecule has 0 radical (unpaired) electrons. The standard InChI is InChI=1S/C18H20BrN3O2S2/c19-16-6-5-15(26-16)18(24)21-12-17(23)20-11-13-1-3-14(4-2-13)22-7-9-25-10-8-22/h1-6H,7-12H2,(H,20,23)(H,21,24). The molecule has 1 fully saturated rings. The van der Waals surface area contributed by atoms with E-state index in [0.717, 1.165) is 22.4 Å². The van der Waals surface area contributed by atoms with Gasteiger partial charge in [-0.2, -0.15) is 11.8 Å². The van der Waals surface area contributed by atoms with E-state index in [2.05, 4.69) is 43.6 Å². The van der Waals surface area contributed by atoms with Crippen molar-refractivity contribution in [3.05, 3.63) is 50.6 Å². The van der Waals surface area contributed by atoms with E-state index in [0.29, 0.717) is 11.4 Å². The fourth-order valence-electron chi connectivity index (χ4n) is 2.59. The quantitative estimate of drug-likeness (QED) is 0.705. The topological polar surface area (TPSA) is 61.4 Å². The van der Waals surface area contributed by atoms with Crippen LogP contribution in [0.25, 0.3) is 0 Å². The van der Waals surface area contributed by atoms with Gasteiger partial charge in [0.2, 0.25) is 5.91 Å². The minimum Gasteiger partial charge on any atom is -0.370 e. The van der Waals surface area contributed by atoms with Crippen molar-refractivity contribution in [2.75, 3.05) is 36.0 Å². The zero-order valence-corrected chi connectivity index (χ0v) is 17.4. The summed E-state index contributed by atoms with van der Waals surface area (Å²) >= 11 is 6.65. The summed E-state index contributed by atoms with van der Waals surface area (Å²) in [6.07, 6.45) is 0. The fraction of sp³-hybridized carbons (Fsp3) is 0.333. The molecule has 138 valence electrons. The third-order valence-electron chi connectivity index (χ3n) is 4.01. The lowest BCUT2D eigenvalue weighted by Gasteiger charge is -2.28. The molecule has 3 rings (SSSR count). The van der Waals surface area contributed by atoms with Gasteiger partial charge >= 0.3 is 0 Å². The van der Waals surface area contributed by atoms with E-state index in [9.17, 15) is 9.59 Å². The first-order chi connectivity index (χ1) is 12.6. The number of hydrogen-bond acceptors (Lipinski definition) is 5. The van der Waals surface area contributed by atoms with Gasteiger partial charge in [0.25, 0.3) is 5.91 Å². The van der Waals surface area contributed by atoms with Crippen molar-refractivity contribution in [2.24, 2.45) is 0 Å². The Morgan fingerprint density at radius 1 is 1.04 bits per heavy atom. The second-order valence-electron chi connectivity index (χ2n) is 5.83. The molecule has 1 aliphatic rings. The molecule has 2 amide bonds. The Morgan fingerprint density at radius 3 is 2.42 bits per heavy atom. The maximum atomic E-state index is 11.9. The summed E-state index contributed by atoms with van der Waals surface area (Å²) in [5.74, 6) is 1.91. The van der Waals surface area contributed by atoms with Crippen LogP contribution in [0.15, 0.2) is 40.2 Å². The molecule has 2 heterocycles. The van der Waals surface area contributed by atoms with Crippen LogP contribution in [0.2, 0.25) is 0 Å². The Kier molecular flexibility index (Phi) is 6.99. The van der Waals surface area contributed by atoms with Gasteiger partial charge < -0.3 is 15.5 Å². The number of carbonyl (C=O) groups excluding carboxylic acids is 2. The number of nitrogens with one attached hydrogen (secondary N) is 2. The summed E-state index contributed by atoms with van der Waals surface area (Å²) in [4.78, 5) is 26.8. The number of carbonyl (C=O) groups is 2. The molecule has 0 spiro atoms. The first-order valence-corrected chi connectivity index (χ1v) is 11.1. The third kappa shape index (κ3) is 5.49. The average molecular weight is 454 g/mol. The van der Waals surface area contributed by atoms with Crippen LogP contribution >= 0.6 is 39.0 Å². The third-order valence-corrected chi connectivity index (χ3v) is 6.57. The van der Waals surface area contributed by atoms with Gasteiger partial charge in [-0.1, -0.05) is 12.1 Å². The monoisotopic (exact) mass is 453 g/mol. The van der Waals surface area contributed by atoms with Gasteiger partial charge in [0.1, 0.15) is 0 Å². The second kappa shape index (κ2) is 9.43. The summed E-state index contributed by atoms with van der Waals surface area (Å²) in [5, 5.41) is 5.46. The zero-order chi connectivity index (χ0) is 18.4. The number of benzene rings is 1. The van der Waals surface area contributed by atoms with Crippen molar-refractivity contribution < 1.29 is 9.59 Å². The molecule has 26 heavy (non-hydrogen) atoms. The highest BCUT2D eigenvalue weighted by atomic mass is 79.9. The van der Waals surface area contributed by atoms with Gasteiger partial charge in [0.15, 0.2) is 0 Å². The highest BCUT2D eigenvalue weighted by Gasteiger charge is 2.12. The number of rotatable bonds is 6. The SMILES string of the molecule is O=C(CNC(=O)c1ccc(Br)s1)NCc1ccc(N2CCSCC2)cc1. The largest absolute Gasteiger partial charge is 0.370 e. The van der Waals surface area contributed by atoms with Crippen LogP contribution in [-0.4, -0.2) is 43.0 Å². The Hall–Kier alpha value is -1.51. The molecule has 0 saturated carbocycles. The van der Waals surface area contributed by atoms with E-state index >= 15 is 0 Å². The van der Waals surface area contributed by atoms with Gasteiger partial charge in [0.05, 0.1) is 15.2 Å². The number of thioether (sulfide) groups is 1. The van der Waals surface area contributed by atoms with Crippen LogP contribution in [0.4, 0.5) is 5.69 Å². The number of halogens is 1. The van der Waals surface area contributed by atoms with Crippen molar-refractivity contribution in [1.29, 1.82) is 0 Å². The Morgan fingerprint density at radius 2 is 1.77 bits per heavy atom. The molecular weight excluding hydrogens is 434 g/mol. The van der Waals surface area contributed by atoms with Crippen molar-refractivity contribution in [3.63, 3.8) is 0 Å². The molecule has 0 bridgehead atoms. The maximum Gasteiger partial charge on any atom is 0.261 e. The molecule has 0 unspecified atom stereocenters. The Balaban J connectivity index is 1.41. The first kappa shape index (κ1) is 19.3. The molecule has 1 aromatic heterocycles. The molecule has 1 saturated heterocycles. The Bertz CT molecular complexity index is 758. The lowest BCUT2D eigenvalue weighted by Crippen LogP contribution is -2.36. The van der Waals surface area contributed by atoms with E-state index in [4.69, 9.17) is 0 Å². The molecule has 8 heteroatoms. The number of anilines is 1. The maximum absolute atomic E-state index is 11.9. The minimum atomic E-state index is -0.236. The van der Waals surface area contributed by atoms with Gasteiger partial charge in [-0.05, 0) is 45.8 Å². The van der Waals surface area contributed by atoms with Crippen molar-refractivity contribution in [3.8, 4) is 0 Å². The minimum absolute atomic E-state index is 0.0299. The van der Waals surface area contributed by atoms with E-state index < -0.39 is 0 Å². The van der Waals surface area contributed by atoms with E-state index in [-0.39, 0.29) is 18.4 Å². The fourth-order valence-corrected chi connectivity index (χ4v) is 4.80. The van der Waals surface area contributed by atoms with Gasteiger partial charge in [-0.3, -0.25) is 9.59 Å². The predicted octanol–water partition coefficient (Wildman–Crippen LogP) is 3.11. The van der Waals surface area contributed by atoms with Gasteiger partial charge in [-0.15, -0.1) is 11.3 Å². The highest BCUT2D eigenvalue weighted by molar-refractivity contribution is 9.11. The zero-order valence-electron chi connectivity index (χ0n) is 14.2. The van der Waals surface area contributed by atoms with Crippen LogP contribution in [0.3, 0.4) is 0 Å². The van der Waals surface area contributed by atoms with Crippen LogP contribution in [0, 0.1) is 0 Å². The van der Waals surface area contributed by atoms with Crippen LogP contribution < -0.4 is 15.5 Å². The Labute approximate surface area is 169 Å². The summed E-state index contributed by atoms with van der Waals surface area (Å²) in [5.41, 5.74) is 2.27. The molecule has 0 atom stereocenters. The number of nitrogens with zero attached hydrogens (tertiary/aromatic N) is 1. The smallest absolute Gasteiger partial charge is 0.261 e. The predicted molar refractivity (Wildman–Crippen MR) is 112 cm³/mol. The molecule has 5 nitrogen and oxygen atoms in total. The summed E-state index contributed by atoms with van der Waals surface area (Å²) in [6, 6.07) is 11.8. The van der Waals surface area contributed by atoms with Crippen LogP contribution in [0.1, 0.15) is 15.2 Å². The van der Waals surface area contributed by atoms with Crippen LogP contribution in [-0.2, 0) is 11.3 Å². The molecule has 2 aromatic rings. The summed E-state index contributed by atoms with van der Waals surface area (Å²) in [7, 11) is 0. The number of hydrogen-bond donors (Lipinski definition) is 2. The molecule has 1 aliphatic heterocycles. The molecule has 2 N–H and O–H groups in total. The van der Waals surface area contributed by atoms with Crippen LogP contribution in [0.5, 0.6) is 0 Å². The average Bonchev–Trinajstić information content (AvgIpc) is 3.12. The molecule has 1 aromatic carbocycles. The van der Waals surface area contributed by atoms with Crippen molar-refractivity contribution >= 4 is 56.5 Å². The van der Waals surface area contributed by atoms with E-state index in [1.807, 2.05) is 30.0 Å². The number of thiophene rings is 1. The second-order valence-corrected chi connectivity index (χ2v) is 9.52. The van der Waals surface area contributed by atoms with Crippen molar-refractivity contribution in [1.82, 2.24) is 10.6 Å². The lowest BCUT2D eigenvalue weighted by atomic mass is 10.2. The first-order valence-electron chi connectivity index (χ1n) is 8.34. The number of amides is 2. The molecular formula is C18H20BrN3O2S2.